The van der Waals surface area contributed by atoms with Crippen molar-refractivity contribution in [1.29, 1.82) is 0 Å². The van der Waals surface area contributed by atoms with Crippen LogP contribution in [0.2, 0.25) is 25.7 Å². The number of para-hydroxylation sites is 2. The fraction of sp³-hybridized carbons (Fsp3) is 0.588. The van der Waals surface area contributed by atoms with Crippen LogP contribution in [0.25, 0.3) is 11.0 Å². The van der Waals surface area contributed by atoms with E-state index in [1.807, 2.05) is 0 Å². The lowest BCUT2D eigenvalue weighted by Gasteiger charge is -2.17. The third-order valence-electron chi connectivity index (χ3n) is 4.27. The first kappa shape index (κ1) is 15.7. The molecule has 1 aliphatic heterocycles. The van der Waals surface area contributed by atoms with Crippen LogP contribution in [0.5, 0.6) is 0 Å². The van der Waals surface area contributed by atoms with E-state index in [0.29, 0.717) is 12.8 Å². The normalized spacial score (nSPS) is 19.1. The Morgan fingerprint density at radius 1 is 1.32 bits per heavy atom. The van der Waals surface area contributed by atoms with Gasteiger partial charge < -0.3 is 14.6 Å². The number of benzene rings is 1. The molecule has 0 radical (unpaired) electrons. The molecule has 0 saturated carbocycles. The number of fused-ring (bicyclic) bond motifs is 1. The van der Waals surface area contributed by atoms with Gasteiger partial charge in [0, 0.05) is 14.7 Å². The zero-order chi connectivity index (χ0) is 15.6. The van der Waals surface area contributed by atoms with Gasteiger partial charge in [-0.15, -0.1) is 0 Å². The molecule has 2 heterocycles. The van der Waals surface area contributed by atoms with Gasteiger partial charge >= 0.3 is 0 Å². The second-order valence-electron chi connectivity index (χ2n) is 7.38. The topological polar surface area (TPSA) is 39.1 Å². The van der Waals surface area contributed by atoms with Gasteiger partial charge in [0.2, 0.25) is 0 Å². The Hall–Kier alpha value is -1.17. The molecule has 3 rings (SSSR count). The van der Waals surface area contributed by atoms with E-state index in [-0.39, 0.29) is 0 Å². The second kappa shape index (κ2) is 6.52. The predicted molar refractivity (Wildman–Crippen MR) is 93.8 cm³/mol. The third-order valence-corrected chi connectivity index (χ3v) is 5.98. The average Bonchev–Trinajstić information content (AvgIpc) is 3.10. The van der Waals surface area contributed by atoms with Crippen LogP contribution in [0.4, 0.5) is 0 Å². The molecular formula is C17H27N3OSi. The van der Waals surface area contributed by atoms with E-state index in [9.17, 15) is 0 Å². The van der Waals surface area contributed by atoms with Crippen LogP contribution in [0, 0.1) is 0 Å². The molecule has 1 aromatic carbocycles. The molecule has 0 bridgehead atoms. The number of hydrogen-bond acceptors (Lipinski definition) is 3. The Labute approximate surface area is 133 Å². The smallest absolute Gasteiger partial charge is 0.128 e. The van der Waals surface area contributed by atoms with Gasteiger partial charge in [-0.05, 0) is 37.6 Å². The highest BCUT2D eigenvalue weighted by molar-refractivity contribution is 6.76. The summed E-state index contributed by atoms with van der Waals surface area (Å²) in [5.74, 6) is 1.13. The van der Waals surface area contributed by atoms with Crippen molar-refractivity contribution >= 4 is 19.1 Å². The summed E-state index contributed by atoms with van der Waals surface area (Å²) in [7, 11) is -1.03. The summed E-state index contributed by atoms with van der Waals surface area (Å²) in [6, 6.07) is 9.94. The first-order valence-corrected chi connectivity index (χ1v) is 12.0. The van der Waals surface area contributed by atoms with Crippen molar-refractivity contribution in [1.82, 2.24) is 14.9 Å². The van der Waals surface area contributed by atoms with Crippen molar-refractivity contribution in [2.75, 3.05) is 13.2 Å². The molecule has 4 nitrogen and oxygen atoms in total. The number of hydrogen-bond donors (Lipinski definition) is 1. The Morgan fingerprint density at radius 2 is 2.14 bits per heavy atom. The second-order valence-corrected chi connectivity index (χ2v) is 13.0. The van der Waals surface area contributed by atoms with Crippen molar-refractivity contribution in [2.24, 2.45) is 0 Å². The van der Waals surface area contributed by atoms with E-state index in [4.69, 9.17) is 9.72 Å². The van der Waals surface area contributed by atoms with Crippen LogP contribution in [0.1, 0.15) is 24.7 Å². The van der Waals surface area contributed by atoms with Gasteiger partial charge in [0.1, 0.15) is 12.6 Å². The van der Waals surface area contributed by atoms with Gasteiger partial charge in [-0.1, -0.05) is 31.8 Å². The number of imidazole rings is 1. The highest BCUT2D eigenvalue weighted by Gasteiger charge is 2.23. The molecule has 22 heavy (non-hydrogen) atoms. The minimum absolute atomic E-state index is 0.369. The fourth-order valence-electron chi connectivity index (χ4n) is 2.93. The number of nitrogens with one attached hydrogen (secondary N) is 1. The lowest BCUT2D eigenvalue weighted by Crippen LogP contribution is -2.23. The maximum atomic E-state index is 5.99. The van der Waals surface area contributed by atoms with Crippen molar-refractivity contribution in [3.8, 4) is 0 Å². The summed E-state index contributed by atoms with van der Waals surface area (Å²) < 4.78 is 8.24. The lowest BCUT2D eigenvalue weighted by molar-refractivity contribution is 0.0868. The van der Waals surface area contributed by atoms with Crippen molar-refractivity contribution in [3.63, 3.8) is 0 Å². The Morgan fingerprint density at radius 3 is 2.86 bits per heavy atom. The fourth-order valence-corrected chi connectivity index (χ4v) is 3.69. The van der Waals surface area contributed by atoms with Crippen molar-refractivity contribution in [2.45, 2.75) is 51.3 Å². The predicted octanol–water partition coefficient (Wildman–Crippen LogP) is 3.77. The van der Waals surface area contributed by atoms with Gasteiger partial charge in [-0.3, -0.25) is 0 Å². The maximum absolute atomic E-state index is 5.99. The molecule has 0 unspecified atom stereocenters. The van der Waals surface area contributed by atoms with Gasteiger partial charge in [0.25, 0.3) is 0 Å². The number of aromatic nitrogens is 2. The first-order valence-electron chi connectivity index (χ1n) is 8.31. The summed E-state index contributed by atoms with van der Waals surface area (Å²) in [5.41, 5.74) is 2.25. The maximum Gasteiger partial charge on any atom is 0.128 e. The van der Waals surface area contributed by atoms with Gasteiger partial charge in [-0.2, -0.15) is 0 Å². The van der Waals surface area contributed by atoms with Crippen LogP contribution in [-0.4, -0.2) is 30.8 Å². The van der Waals surface area contributed by atoms with Crippen molar-refractivity contribution < 1.29 is 4.74 Å². The van der Waals surface area contributed by atoms with Crippen molar-refractivity contribution in [3.05, 3.63) is 30.1 Å². The minimum Gasteiger partial charge on any atom is -0.361 e. The molecule has 0 amide bonds. The lowest BCUT2D eigenvalue weighted by atomic mass is 10.2. The molecule has 1 saturated heterocycles. The molecule has 1 aliphatic rings. The van der Waals surface area contributed by atoms with Crippen LogP contribution in [0.3, 0.4) is 0 Å². The molecule has 1 N–H and O–H groups in total. The Balaban J connectivity index is 1.78. The quantitative estimate of drug-likeness (QED) is 0.651. The molecule has 2 aromatic rings. The molecule has 5 heteroatoms. The molecule has 1 aromatic heterocycles. The molecule has 120 valence electrons. The van der Waals surface area contributed by atoms with E-state index >= 15 is 0 Å². The summed E-state index contributed by atoms with van der Waals surface area (Å²) in [5, 5.41) is 3.56. The first-order chi connectivity index (χ1) is 10.5. The largest absolute Gasteiger partial charge is 0.361 e. The summed E-state index contributed by atoms with van der Waals surface area (Å²) >= 11 is 0. The van der Waals surface area contributed by atoms with Crippen LogP contribution in [-0.2, 0) is 11.5 Å². The monoisotopic (exact) mass is 317 g/mol. The average molecular weight is 318 g/mol. The zero-order valence-corrected chi connectivity index (χ0v) is 14.9. The zero-order valence-electron chi connectivity index (χ0n) is 13.9. The number of ether oxygens (including phenoxy) is 1. The number of rotatable bonds is 6. The van der Waals surface area contributed by atoms with E-state index in [1.54, 1.807) is 0 Å². The minimum atomic E-state index is -1.03. The highest BCUT2D eigenvalue weighted by Crippen LogP contribution is 2.26. The van der Waals surface area contributed by atoms with Gasteiger partial charge in [0.15, 0.2) is 0 Å². The summed E-state index contributed by atoms with van der Waals surface area (Å²) in [6.07, 6.45) is 2.39. The number of nitrogens with zero attached hydrogens (tertiary/aromatic N) is 2. The van der Waals surface area contributed by atoms with E-state index < -0.39 is 8.07 Å². The molecule has 1 atom stereocenters. The van der Waals surface area contributed by atoms with Gasteiger partial charge in [-0.25, -0.2) is 4.98 Å². The van der Waals surface area contributed by atoms with E-state index in [1.165, 1.54) is 18.0 Å². The molecule has 0 aliphatic carbocycles. The van der Waals surface area contributed by atoms with Crippen LogP contribution in [0.15, 0.2) is 24.3 Å². The Bertz CT molecular complexity index is 626. The summed E-state index contributed by atoms with van der Waals surface area (Å²) in [6.45, 7) is 9.70. The van der Waals surface area contributed by atoms with E-state index in [2.05, 4.69) is 53.8 Å². The molecule has 1 fully saturated rings. The van der Waals surface area contributed by atoms with Crippen LogP contribution < -0.4 is 5.32 Å². The SMILES string of the molecule is C[Si](C)(C)CCOCn1c([C@@H]2CCCN2)nc2ccccc21. The van der Waals surface area contributed by atoms with E-state index in [0.717, 1.165) is 30.9 Å². The highest BCUT2D eigenvalue weighted by atomic mass is 28.3. The van der Waals surface area contributed by atoms with Crippen LogP contribution >= 0.6 is 0 Å². The summed E-state index contributed by atoms with van der Waals surface area (Å²) in [4.78, 5) is 4.85. The molecular weight excluding hydrogens is 290 g/mol. The van der Waals surface area contributed by atoms with Gasteiger partial charge in [0.05, 0.1) is 17.1 Å². The molecule has 0 spiro atoms. The third kappa shape index (κ3) is 3.59. The standard InChI is InChI=1S/C17H27N3OSi/c1-22(2,3)12-11-21-13-20-16-9-5-4-7-14(16)19-17(20)15-8-6-10-18-15/h4-5,7,9,15,18H,6,8,10-13H2,1-3H3/t15-/m0/s1. The Kier molecular flexibility index (Phi) is 4.66.